The lowest BCUT2D eigenvalue weighted by Crippen LogP contribution is -2.11. The highest BCUT2D eigenvalue weighted by atomic mass is 79.9. The Morgan fingerprint density at radius 1 is 1.50 bits per heavy atom. The molecule has 0 aromatic carbocycles. The molecule has 1 nitrogen and oxygen atoms in total. The molecule has 0 aromatic rings. The fraction of sp³-hybridized carbons (Fsp3) is 0.875. The Kier molecular flexibility index (Phi) is 4.72. The van der Waals surface area contributed by atoms with Crippen LogP contribution in [0.2, 0.25) is 0 Å². The normalized spacial score (nSPS) is 15.8. The Morgan fingerprint density at radius 2 is 2.10 bits per heavy atom. The van der Waals surface area contributed by atoms with E-state index in [-0.39, 0.29) is 4.32 Å². The van der Waals surface area contributed by atoms with E-state index in [2.05, 4.69) is 28.9 Å². The first-order valence-corrected chi connectivity index (χ1v) is 4.52. The Labute approximate surface area is 71.6 Å². The van der Waals surface area contributed by atoms with Crippen molar-refractivity contribution < 1.29 is 0 Å². The summed E-state index contributed by atoms with van der Waals surface area (Å²) in [4.78, 5) is 0. The fourth-order valence-corrected chi connectivity index (χ4v) is 1.04. The van der Waals surface area contributed by atoms with Crippen LogP contribution in [-0.2, 0) is 0 Å². The van der Waals surface area contributed by atoms with Crippen molar-refractivity contribution >= 4 is 15.9 Å². The molecule has 0 amide bonds. The molecule has 0 rings (SSSR count). The topological polar surface area (TPSA) is 23.8 Å². The largest absolute Gasteiger partial charge is 0.197 e. The first kappa shape index (κ1) is 9.97. The van der Waals surface area contributed by atoms with Crippen LogP contribution in [-0.4, -0.2) is 4.32 Å². The molecule has 0 saturated heterocycles. The van der Waals surface area contributed by atoms with Crippen molar-refractivity contribution in [1.82, 2.24) is 0 Å². The Bertz CT molecular complexity index is 124. The molecule has 0 fully saturated rings. The van der Waals surface area contributed by atoms with Crippen molar-refractivity contribution in [2.75, 3.05) is 0 Å². The van der Waals surface area contributed by atoms with E-state index in [4.69, 9.17) is 5.26 Å². The number of hydrogen-bond donors (Lipinski definition) is 0. The van der Waals surface area contributed by atoms with Gasteiger partial charge < -0.3 is 0 Å². The SMILES string of the molecule is CCCCCC(C)(Br)C#N. The number of unbranched alkanes of at least 4 members (excludes halogenated alkanes) is 2. The fourth-order valence-electron chi connectivity index (χ4n) is 0.763. The molecule has 0 aliphatic rings. The second-order valence-corrected chi connectivity index (χ2v) is 4.52. The maximum Gasteiger partial charge on any atom is 0.109 e. The summed E-state index contributed by atoms with van der Waals surface area (Å²) in [6, 6.07) is 2.22. The van der Waals surface area contributed by atoms with Crippen LogP contribution in [0.5, 0.6) is 0 Å². The van der Waals surface area contributed by atoms with Gasteiger partial charge in [-0.1, -0.05) is 42.1 Å². The highest BCUT2D eigenvalue weighted by molar-refractivity contribution is 9.10. The zero-order chi connectivity index (χ0) is 8.04. The van der Waals surface area contributed by atoms with E-state index in [0.717, 1.165) is 12.8 Å². The summed E-state index contributed by atoms with van der Waals surface area (Å²) in [5, 5.41) is 8.60. The van der Waals surface area contributed by atoms with E-state index in [1.807, 2.05) is 6.92 Å². The van der Waals surface area contributed by atoms with Crippen LogP contribution in [0, 0.1) is 11.3 Å². The van der Waals surface area contributed by atoms with Gasteiger partial charge in [0.2, 0.25) is 0 Å². The molecular weight excluding hydrogens is 190 g/mol. The number of nitriles is 1. The molecule has 0 saturated carbocycles. The summed E-state index contributed by atoms with van der Waals surface area (Å²) >= 11 is 3.35. The first-order valence-electron chi connectivity index (χ1n) is 3.72. The zero-order valence-electron chi connectivity index (χ0n) is 6.65. The molecule has 0 radical (unpaired) electrons. The third-order valence-corrected chi connectivity index (χ3v) is 2.06. The van der Waals surface area contributed by atoms with Gasteiger partial charge in [0.05, 0.1) is 6.07 Å². The van der Waals surface area contributed by atoms with Gasteiger partial charge in [0, 0.05) is 0 Å². The average molecular weight is 204 g/mol. The molecule has 0 bridgehead atoms. The van der Waals surface area contributed by atoms with E-state index >= 15 is 0 Å². The molecule has 0 N–H and O–H groups in total. The van der Waals surface area contributed by atoms with Gasteiger partial charge in [0.25, 0.3) is 0 Å². The van der Waals surface area contributed by atoms with Gasteiger partial charge in [-0.3, -0.25) is 0 Å². The average Bonchev–Trinajstić information content (AvgIpc) is 1.89. The Morgan fingerprint density at radius 3 is 2.50 bits per heavy atom. The van der Waals surface area contributed by atoms with E-state index in [0.29, 0.717) is 0 Å². The number of rotatable bonds is 4. The van der Waals surface area contributed by atoms with Crippen LogP contribution in [0.4, 0.5) is 0 Å². The standard InChI is InChI=1S/C8H14BrN/c1-3-4-5-6-8(2,9)7-10/h3-6H2,1-2H3. The number of halogens is 1. The van der Waals surface area contributed by atoms with E-state index < -0.39 is 0 Å². The molecule has 10 heavy (non-hydrogen) atoms. The molecule has 1 unspecified atom stereocenters. The van der Waals surface area contributed by atoms with Crippen LogP contribution in [0.3, 0.4) is 0 Å². The van der Waals surface area contributed by atoms with Gasteiger partial charge >= 0.3 is 0 Å². The molecule has 0 heterocycles. The summed E-state index contributed by atoms with van der Waals surface area (Å²) in [5.74, 6) is 0. The van der Waals surface area contributed by atoms with Crippen molar-refractivity contribution in [2.45, 2.75) is 43.9 Å². The van der Waals surface area contributed by atoms with Crippen LogP contribution in [0.25, 0.3) is 0 Å². The van der Waals surface area contributed by atoms with Crippen molar-refractivity contribution in [1.29, 1.82) is 5.26 Å². The van der Waals surface area contributed by atoms with Gasteiger partial charge in [-0.15, -0.1) is 0 Å². The van der Waals surface area contributed by atoms with Crippen molar-refractivity contribution in [3.05, 3.63) is 0 Å². The third kappa shape index (κ3) is 4.81. The van der Waals surface area contributed by atoms with E-state index in [9.17, 15) is 0 Å². The minimum absolute atomic E-state index is 0.290. The van der Waals surface area contributed by atoms with Gasteiger partial charge in [-0.05, 0) is 13.3 Å². The van der Waals surface area contributed by atoms with Gasteiger partial charge in [0.15, 0.2) is 0 Å². The second kappa shape index (κ2) is 4.73. The van der Waals surface area contributed by atoms with Crippen LogP contribution in [0.15, 0.2) is 0 Å². The lowest BCUT2D eigenvalue weighted by atomic mass is 10.1. The molecule has 0 aromatic heterocycles. The van der Waals surface area contributed by atoms with Crippen molar-refractivity contribution in [3.8, 4) is 6.07 Å². The maximum atomic E-state index is 8.60. The Hall–Kier alpha value is -0.0300. The van der Waals surface area contributed by atoms with Crippen LogP contribution >= 0.6 is 15.9 Å². The molecule has 0 aliphatic carbocycles. The summed E-state index contributed by atoms with van der Waals surface area (Å²) in [6.07, 6.45) is 4.54. The predicted octanol–water partition coefficient (Wildman–Crippen LogP) is 3.24. The molecule has 2 heteroatoms. The lowest BCUT2D eigenvalue weighted by Gasteiger charge is -2.11. The maximum absolute atomic E-state index is 8.60. The summed E-state index contributed by atoms with van der Waals surface area (Å²) in [7, 11) is 0. The summed E-state index contributed by atoms with van der Waals surface area (Å²) in [6.45, 7) is 4.08. The van der Waals surface area contributed by atoms with Crippen molar-refractivity contribution in [3.63, 3.8) is 0 Å². The first-order chi connectivity index (χ1) is 4.62. The van der Waals surface area contributed by atoms with Gasteiger partial charge in [0.1, 0.15) is 4.32 Å². The lowest BCUT2D eigenvalue weighted by molar-refractivity contribution is 0.621. The molecule has 0 aliphatic heterocycles. The smallest absolute Gasteiger partial charge is 0.109 e. The predicted molar refractivity (Wildman–Crippen MR) is 47.1 cm³/mol. The van der Waals surface area contributed by atoms with Gasteiger partial charge in [-0.2, -0.15) is 5.26 Å². The molecule has 1 atom stereocenters. The van der Waals surface area contributed by atoms with Crippen molar-refractivity contribution in [2.24, 2.45) is 0 Å². The minimum Gasteiger partial charge on any atom is -0.197 e. The quantitative estimate of drug-likeness (QED) is 0.509. The molecule has 58 valence electrons. The Balaban J connectivity index is 3.40. The number of hydrogen-bond acceptors (Lipinski definition) is 1. The zero-order valence-corrected chi connectivity index (χ0v) is 8.24. The highest BCUT2D eigenvalue weighted by Gasteiger charge is 2.17. The highest BCUT2D eigenvalue weighted by Crippen LogP contribution is 2.23. The minimum atomic E-state index is -0.290. The van der Waals surface area contributed by atoms with Crippen LogP contribution in [0.1, 0.15) is 39.5 Å². The molecule has 0 spiro atoms. The summed E-state index contributed by atoms with van der Waals surface area (Å²) < 4.78 is -0.290. The number of alkyl halides is 1. The molecular formula is C8H14BrN. The second-order valence-electron chi connectivity index (χ2n) is 2.77. The van der Waals surface area contributed by atoms with E-state index in [1.54, 1.807) is 0 Å². The van der Waals surface area contributed by atoms with Gasteiger partial charge in [-0.25, -0.2) is 0 Å². The monoisotopic (exact) mass is 203 g/mol. The number of nitrogens with zero attached hydrogens (tertiary/aromatic N) is 1. The van der Waals surface area contributed by atoms with E-state index in [1.165, 1.54) is 12.8 Å². The van der Waals surface area contributed by atoms with Crippen LogP contribution < -0.4 is 0 Å². The third-order valence-electron chi connectivity index (χ3n) is 1.48. The summed E-state index contributed by atoms with van der Waals surface area (Å²) in [5.41, 5.74) is 0.